The summed E-state index contributed by atoms with van der Waals surface area (Å²) in [4.78, 5) is 13.1. The summed E-state index contributed by atoms with van der Waals surface area (Å²) < 4.78 is 1.63. The molecule has 0 saturated heterocycles. The summed E-state index contributed by atoms with van der Waals surface area (Å²) in [5.41, 5.74) is 0. The topological polar surface area (TPSA) is 68.5 Å². The van der Waals surface area contributed by atoms with Crippen LogP contribution in [0.3, 0.4) is 0 Å². The molecule has 0 saturated carbocycles. The predicted octanol–water partition coefficient (Wildman–Crippen LogP) is 2.24. The Morgan fingerprint density at radius 3 is 2.79 bits per heavy atom. The first-order valence-corrected chi connectivity index (χ1v) is 7.24. The Morgan fingerprint density at radius 2 is 2.16 bits per heavy atom. The average Bonchev–Trinajstić information content (AvgIpc) is 2.92. The fraction of sp³-hybridized carbons (Fsp3) is 0.500. The summed E-state index contributed by atoms with van der Waals surface area (Å²) in [5, 5.41) is 7.82. The van der Waals surface area contributed by atoms with Crippen molar-refractivity contribution in [2.75, 3.05) is 18.1 Å². The Hall–Kier alpha value is -1.63. The molecule has 0 spiro atoms. The SMILES string of the molecule is CNc1nc(SCCC(C)C)nc(-n2cccn2)n1. The molecule has 1 N–H and O–H groups in total. The zero-order chi connectivity index (χ0) is 13.7. The third kappa shape index (κ3) is 3.92. The third-order valence-corrected chi connectivity index (χ3v) is 3.34. The second-order valence-corrected chi connectivity index (χ2v) is 5.54. The van der Waals surface area contributed by atoms with Crippen molar-refractivity contribution in [3.8, 4) is 5.95 Å². The minimum Gasteiger partial charge on any atom is -0.357 e. The number of aromatic nitrogens is 5. The standard InChI is InChI=1S/C12H18N6S/c1-9(2)5-8-19-12-16-10(13-3)15-11(17-12)18-7-4-6-14-18/h4,6-7,9H,5,8H2,1-3H3,(H,13,15,16,17). The van der Waals surface area contributed by atoms with Crippen LogP contribution < -0.4 is 5.32 Å². The molecule has 2 aromatic heterocycles. The van der Waals surface area contributed by atoms with Crippen molar-refractivity contribution in [3.63, 3.8) is 0 Å². The van der Waals surface area contributed by atoms with Crippen LogP contribution in [0.2, 0.25) is 0 Å². The zero-order valence-electron chi connectivity index (χ0n) is 11.4. The molecule has 0 bridgehead atoms. The van der Waals surface area contributed by atoms with E-state index >= 15 is 0 Å². The van der Waals surface area contributed by atoms with Crippen LogP contribution in [0, 0.1) is 5.92 Å². The summed E-state index contributed by atoms with van der Waals surface area (Å²) in [6.45, 7) is 4.42. The van der Waals surface area contributed by atoms with Crippen LogP contribution in [0.5, 0.6) is 0 Å². The lowest BCUT2D eigenvalue weighted by Gasteiger charge is -2.07. The highest BCUT2D eigenvalue weighted by atomic mass is 32.2. The van der Waals surface area contributed by atoms with Crippen molar-refractivity contribution in [1.82, 2.24) is 24.7 Å². The van der Waals surface area contributed by atoms with Crippen molar-refractivity contribution in [3.05, 3.63) is 18.5 Å². The van der Waals surface area contributed by atoms with E-state index < -0.39 is 0 Å². The highest BCUT2D eigenvalue weighted by molar-refractivity contribution is 7.99. The molecule has 0 aliphatic heterocycles. The van der Waals surface area contributed by atoms with E-state index in [0.29, 0.717) is 17.8 Å². The van der Waals surface area contributed by atoms with Crippen molar-refractivity contribution in [2.24, 2.45) is 5.92 Å². The van der Waals surface area contributed by atoms with Gasteiger partial charge in [-0.15, -0.1) is 0 Å². The van der Waals surface area contributed by atoms with Gasteiger partial charge in [-0.2, -0.15) is 20.1 Å². The molecule has 102 valence electrons. The second-order valence-electron chi connectivity index (χ2n) is 4.47. The van der Waals surface area contributed by atoms with Gasteiger partial charge in [-0.3, -0.25) is 0 Å². The van der Waals surface area contributed by atoms with E-state index in [0.717, 1.165) is 17.3 Å². The van der Waals surface area contributed by atoms with Crippen LogP contribution in [-0.2, 0) is 0 Å². The lowest BCUT2D eigenvalue weighted by Crippen LogP contribution is -2.08. The molecule has 0 amide bonds. The number of hydrogen-bond donors (Lipinski definition) is 1. The lowest BCUT2D eigenvalue weighted by atomic mass is 10.2. The molecule has 7 heteroatoms. The Morgan fingerprint density at radius 1 is 1.32 bits per heavy atom. The van der Waals surface area contributed by atoms with Gasteiger partial charge in [0.25, 0.3) is 5.95 Å². The number of thioether (sulfide) groups is 1. The monoisotopic (exact) mass is 278 g/mol. The smallest absolute Gasteiger partial charge is 0.256 e. The van der Waals surface area contributed by atoms with Gasteiger partial charge in [0.1, 0.15) is 0 Å². The summed E-state index contributed by atoms with van der Waals surface area (Å²) in [6.07, 6.45) is 4.66. The fourth-order valence-electron chi connectivity index (χ4n) is 1.40. The summed E-state index contributed by atoms with van der Waals surface area (Å²) in [5.74, 6) is 2.79. The van der Waals surface area contributed by atoms with Crippen LogP contribution in [-0.4, -0.2) is 37.5 Å². The second kappa shape index (κ2) is 6.51. The van der Waals surface area contributed by atoms with Gasteiger partial charge in [-0.1, -0.05) is 25.6 Å². The first kappa shape index (κ1) is 13.8. The highest BCUT2D eigenvalue weighted by Crippen LogP contribution is 2.18. The fourth-order valence-corrected chi connectivity index (χ4v) is 2.47. The van der Waals surface area contributed by atoms with E-state index in [4.69, 9.17) is 0 Å². The molecular weight excluding hydrogens is 260 g/mol. The molecule has 0 radical (unpaired) electrons. The van der Waals surface area contributed by atoms with Gasteiger partial charge in [-0.25, -0.2) is 4.68 Å². The van der Waals surface area contributed by atoms with E-state index in [1.54, 1.807) is 29.7 Å². The molecule has 0 aromatic carbocycles. The first-order chi connectivity index (χ1) is 9.19. The van der Waals surface area contributed by atoms with Gasteiger partial charge in [0.05, 0.1) is 0 Å². The maximum Gasteiger partial charge on any atom is 0.256 e. The third-order valence-electron chi connectivity index (χ3n) is 2.46. The van der Waals surface area contributed by atoms with E-state index in [9.17, 15) is 0 Å². The van der Waals surface area contributed by atoms with Crippen LogP contribution in [0.25, 0.3) is 5.95 Å². The summed E-state index contributed by atoms with van der Waals surface area (Å²) in [7, 11) is 1.80. The molecule has 0 unspecified atom stereocenters. The maximum atomic E-state index is 4.42. The number of anilines is 1. The van der Waals surface area contributed by atoms with Crippen LogP contribution in [0.1, 0.15) is 20.3 Å². The Balaban J connectivity index is 2.16. The normalized spacial score (nSPS) is 10.9. The minimum absolute atomic E-state index is 0.538. The molecule has 2 rings (SSSR count). The van der Waals surface area contributed by atoms with Gasteiger partial charge >= 0.3 is 0 Å². The molecule has 0 aliphatic carbocycles. The molecule has 0 atom stereocenters. The largest absolute Gasteiger partial charge is 0.357 e. The maximum absolute atomic E-state index is 4.42. The van der Waals surface area contributed by atoms with Gasteiger partial charge in [0, 0.05) is 25.2 Å². The number of hydrogen-bond acceptors (Lipinski definition) is 6. The molecule has 0 fully saturated rings. The number of nitrogens with zero attached hydrogens (tertiary/aromatic N) is 5. The lowest BCUT2D eigenvalue weighted by molar-refractivity contribution is 0.631. The molecular formula is C12H18N6S. The number of rotatable bonds is 6. The Labute approximate surface area is 117 Å². The molecule has 2 heterocycles. The highest BCUT2D eigenvalue weighted by Gasteiger charge is 2.08. The van der Waals surface area contributed by atoms with Crippen LogP contribution in [0.4, 0.5) is 5.95 Å². The minimum atomic E-state index is 0.538. The number of nitrogens with one attached hydrogen (secondary N) is 1. The molecule has 2 aromatic rings. The van der Waals surface area contributed by atoms with Gasteiger partial charge in [0.15, 0.2) is 5.16 Å². The molecule has 0 aliphatic rings. The van der Waals surface area contributed by atoms with Crippen molar-refractivity contribution < 1.29 is 0 Å². The first-order valence-electron chi connectivity index (χ1n) is 6.25. The van der Waals surface area contributed by atoms with E-state index in [1.165, 1.54) is 0 Å². The predicted molar refractivity (Wildman–Crippen MR) is 76.7 cm³/mol. The van der Waals surface area contributed by atoms with Crippen LogP contribution >= 0.6 is 11.8 Å². The van der Waals surface area contributed by atoms with Crippen molar-refractivity contribution in [2.45, 2.75) is 25.4 Å². The summed E-state index contributed by atoms with van der Waals surface area (Å²) in [6, 6.07) is 1.84. The van der Waals surface area contributed by atoms with E-state index in [2.05, 4.69) is 39.2 Å². The quantitative estimate of drug-likeness (QED) is 0.817. The summed E-state index contributed by atoms with van der Waals surface area (Å²) >= 11 is 1.65. The Bertz CT molecular complexity index is 511. The van der Waals surface area contributed by atoms with Crippen molar-refractivity contribution in [1.29, 1.82) is 0 Å². The zero-order valence-corrected chi connectivity index (χ0v) is 12.2. The van der Waals surface area contributed by atoms with Gasteiger partial charge < -0.3 is 5.32 Å². The van der Waals surface area contributed by atoms with E-state index in [-0.39, 0.29) is 0 Å². The van der Waals surface area contributed by atoms with Crippen LogP contribution in [0.15, 0.2) is 23.6 Å². The Kier molecular flexibility index (Phi) is 4.73. The van der Waals surface area contributed by atoms with E-state index in [1.807, 2.05) is 12.3 Å². The molecule has 6 nitrogen and oxygen atoms in total. The van der Waals surface area contributed by atoms with Gasteiger partial charge in [-0.05, 0) is 18.4 Å². The van der Waals surface area contributed by atoms with Gasteiger partial charge in [0.2, 0.25) is 5.95 Å². The van der Waals surface area contributed by atoms with Crippen molar-refractivity contribution >= 4 is 17.7 Å². The molecule has 19 heavy (non-hydrogen) atoms. The average molecular weight is 278 g/mol.